The Labute approximate surface area is 203 Å². The standard InChI is InChI=1S/C23H28N2O7S2/c1-16(2)22(24-34(29,30)18-6-4-3-5-7-18)23(28)32-15-19(26)20-9-8-17(33-20)14-21(27)25-10-12-31-13-11-25/h3-9,16,22,24H,10-15H2,1-2H3/t22-/m0/s1. The maximum Gasteiger partial charge on any atom is 0.324 e. The van der Waals surface area contributed by atoms with E-state index in [0.29, 0.717) is 31.2 Å². The fraction of sp³-hybridized carbons (Fsp3) is 0.435. The van der Waals surface area contributed by atoms with Gasteiger partial charge in [0.1, 0.15) is 6.04 Å². The quantitative estimate of drug-likeness (QED) is 0.384. The Kier molecular flexibility index (Phi) is 8.95. The van der Waals surface area contributed by atoms with Crippen molar-refractivity contribution in [3.05, 3.63) is 52.2 Å². The number of carbonyl (C=O) groups is 3. The van der Waals surface area contributed by atoms with Gasteiger partial charge in [-0.15, -0.1) is 11.3 Å². The van der Waals surface area contributed by atoms with Gasteiger partial charge in [-0.2, -0.15) is 4.72 Å². The second-order valence-corrected chi connectivity index (χ2v) is 11.0. The van der Waals surface area contributed by atoms with Crippen molar-refractivity contribution in [2.45, 2.75) is 31.2 Å². The van der Waals surface area contributed by atoms with E-state index in [-0.39, 0.29) is 17.2 Å². The van der Waals surface area contributed by atoms with Crippen molar-refractivity contribution in [2.24, 2.45) is 5.92 Å². The lowest BCUT2D eigenvalue weighted by atomic mass is 10.1. The van der Waals surface area contributed by atoms with Crippen molar-refractivity contribution in [1.29, 1.82) is 0 Å². The van der Waals surface area contributed by atoms with E-state index >= 15 is 0 Å². The second-order valence-electron chi connectivity index (χ2n) is 8.12. The van der Waals surface area contributed by atoms with Crippen LogP contribution in [-0.4, -0.2) is 69.9 Å². The molecular formula is C23H28N2O7S2. The van der Waals surface area contributed by atoms with Crippen LogP contribution in [-0.2, 0) is 35.5 Å². The molecule has 0 aliphatic carbocycles. The van der Waals surface area contributed by atoms with Gasteiger partial charge >= 0.3 is 5.97 Å². The Balaban J connectivity index is 1.55. The lowest BCUT2D eigenvalue weighted by Gasteiger charge is -2.26. The van der Waals surface area contributed by atoms with Gasteiger partial charge in [-0.05, 0) is 30.2 Å². The molecule has 184 valence electrons. The smallest absolute Gasteiger partial charge is 0.324 e. The van der Waals surface area contributed by atoms with Crippen molar-refractivity contribution < 1.29 is 32.3 Å². The molecule has 1 atom stereocenters. The molecule has 0 saturated carbocycles. The highest BCUT2D eigenvalue weighted by Gasteiger charge is 2.30. The number of thiophene rings is 1. The van der Waals surface area contributed by atoms with Crippen LogP contribution in [0, 0.1) is 5.92 Å². The zero-order valence-corrected chi connectivity index (χ0v) is 20.7. The fourth-order valence-electron chi connectivity index (χ4n) is 3.29. The van der Waals surface area contributed by atoms with Gasteiger partial charge in [0.05, 0.1) is 29.4 Å². The average molecular weight is 509 g/mol. The van der Waals surface area contributed by atoms with Gasteiger partial charge in [0.15, 0.2) is 6.61 Å². The summed E-state index contributed by atoms with van der Waals surface area (Å²) in [6.45, 7) is 4.98. The van der Waals surface area contributed by atoms with Gasteiger partial charge in [0.25, 0.3) is 0 Å². The first-order valence-corrected chi connectivity index (χ1v) is 13.2. The number of benzene rings is 1. The van der Waals surface area contributed by atoms with E-state index in [1.165, 1.54) is 23.5 Å². The van der Waals surface area contributed by atoms with Gasteiger partial charge in [0, 0.05) is 18.0 Å². The van der Waals surface area contributed by atoms with Crippen molar-refractivity contribution in [3.8, 4) is 0 Å². The van der Waals surface area contributed by atoms with E-state index in [2.05, 4.69) is 4.72 Å². The normalized spacial score (nSPS) is 15.2. The third-order valence-corrected chi connectivity index (χ3v) is 7.81. The number of Topliss-reactive ketones (excluding diaryl/α,β-unsaturated/α-hetero) is 1. The molecule has 0 radical (unpaired) electrons. The molecule has 1 fully saturated rings. The molecular weight excluding hydrogens is 480 g/mol. The molecule has 0 unspecified atom stereocenters. The Hall–Kier alpha value is -2.60. The van der Waals surface area contributed by atoms with Gasteiger partial charge in [0.2, 0.25) is 21.7 Å². The molecule has 1 N–H and O–H groups in total. The fourth-order valence-corrected chi connectivity index (χ4v) is 5.56. The van der Waals surface area contributed by atoms with E-state index in [9.17, 15) is 22.8 Å². The van der Waals surface area contributed by atoms with Crippen LogP contribution in [0.15, 0.2) is 47.4 Å². The van der Waals surface area contributed by atoms with Gasteiger partial charge in [-0.25, -0.2) is 8.42 Å². The summed E-state index contributed by atoms with van der Waals surface area (Å²) in [6, 6.07) is 9.86. The molecule has 1 aliphatic heterocycles. The van der Waals surface area contributed by atoms with Crippen molar-refractivity contribution >= 4 is 39.0 Å². The van der Waals surface area contributed by atoms with Crippen LogP contribution < -0.4 is 4.72 Å². The van der Waals surface area contributed by atoms with E-state index in [0.717, 1.165) is 4.88 Å². The van der Waals surface area contributed by atoms with Crippen LogP contribution in [0.25, 0.3) is 0 Å². The Morgan fingerprint density at radius 2 is 1.76 bits per heavy atom. The number of ether oxygens (including phenoxy) is 2. The van der Waals surface area contributed by atoms with Crippen LogP contribution >= 0.6 is 11.3 Å². The highest BCUT2D eigenvalue weighted by atomic mass is 32.2. The summed E-state index contributed by atoms with van der Waals surface area (Å²) in [7, 11) is -3.94. The molecule has 0 bridgehead atoms. The van der Waals surface area contributed by atoms with Crippen molar-refractivity contribution in [3.63, 3.8) is 0 Å². The number of sulfonamides is 1. The monoisotopic (exact) mass is 508 g/mol. The zero-order valence-electron chi connectivity index (χ0n) is 19.1. The summed E-state index contributed by atoms with van der Waals surface area (Å²) < 4.78 is 38.0. The zero-order chi connectivity index (χ0) is 24.7. The molecule has 9 nitrogen and oxygen atoms in total. The molecule has 2 aromatic rings. The first-order chi connectivity index (χ1) is 16.2. The molecule has 34 heavy (non-hydrogen) atoms. The van der Waals surface area contributed by atoms with Crippen LogP contribution in [0.4, 0.5) is 0 Å². The molecule has 1 aliphatic rings. The molecule has 1 amide bonds. The predicted molar refractivity (Wildman–Crippen MR) is 126 cm³/mol. The summed E-state index contributed by atoms with van der Waals surface area (Å²) in [4.78, 5) is 40.4. The maximum absolute atomic E-state index is 12.6. The number of nitrogens with zero attached hydrogens (tertiary/aromatic N) is 1. The number of hydrogen-bond acceptors (Lipinski definition) is 8. The Bertz CT molecular complexity index is 1110. The maximum atomic E-state index is 12.6. The summed E-state index contributed by atoms with van der Waals surface area (Å²) in [5.41, 5.74) is 0. The molecule has 1 aromatic carbocycles. The van der Waals surface area contributed by atoms with E-state index in [4.69, 9.17) is 9.47 Å². The number of nitrogens with one attached hydrogen (secondary N) is 1. The summed E-state index contributed by atoms with van der Waals surface area (Å²) in [5, 5.41) is 0. The van der Waals surface area contributed by atoms with Gasteiger partial charge < -0.3 is 14.4 Å². The number of amides is 1. The molecule has 1 saturated heterocycles. The Morgan fingerprint density at radius 1 is 1.09 bits per heavy atom. The third kappa shape index (κ3) is 6.95. The average Bonchev–Trinajstić information content (AvgIpc) is 3.30. The SMILES string of the molecule is CC(C)[C@H](NS(=O)(=O)c1ccccc1)C(=O)OCC(=O)c1ccc(CC(=O)N2CCOCC2)s1. The lowest BCUT2D eigenvalue weighted by Crippen LogP contribution is -2.45. The lowest BCUT2D eigenvalue weighted by molar-refractivity contribution is -0.145. The highest BCUT2D eigenvalue weighted by Crippen LogP contribution is 2.19. The van der Waals surface area contributed by atoms with E-state index < -0.39 is 40.3 Å². The number of carbonyl (C=O) groups excluding carboxylic acids is 3. The number of rotatable bonds is 10. The van der Waals surface area contributed by atoms with Crippen molar-refractivity contribution in [1.82, 2.24) is 9.62 Å². The number of ketones is 1. The van der Waals surface area contributed by atoms with E-state index in [1.54, 1.807) is 49.1 Å². The number of esters is 1. The van der Waals surface area contributed by atoms with Crippen LogP contribution in [0.1, 0.15) is 28.4 Å². The third-order valence-electron chi connectivity index (χ3n) is 5.23. The highest BCUT2D eigenvalue weighted by molar-refractivity contribution is 7.89. The minimum Gasteiger partial charge on any atom is -0.456 e. The molecule has 3 rings (SSSR count). The molecule has 2 heterocycles. The van der Waals surface area contributed by atoms with Crippen LogP contribution in [0.5, 0.6) is 0 Å². The summed E-state index contributed by atoms with van der Waals surface area (Å²) in [6.07, 6.45) is 0.189. The topological polar surface area (TPSA) is 119 Å². The van der Waals surface area contributed by atoms with Gasteiger partial charge in [-0.3, -0.25) is 14.4 Å². The van der Waals surface area contributed by atoms with Crippen LogP contribution in [0.2, 0.25) is 0 Å². The van der Waals surface area contributed by atoms with Gasteiger partial charge in [-0.1, -0.05) is 32.0 Å². The second kappa shape index (κ2) is 11.7. The molecule has 11 heteroatoms. The molecule has 1 aromatic heterocycles. The first kappa shape index (κ1) is 26.0. The Morgan fingerprint density at radius 3 is 2.41 bits per heavy atom. The summed E-state index contributed by atoms with van der Waals surface area (Å²) in [5.74, 6) is -1.68. The minimum atomic E-state index is -3.94. The molecule has 0 spiro atoms. The summed E-state index contributed by atoms with van der Waals surface area (Å²) >= 11 is 1.18. The van der Waals surface area contributed by atoms with E-state index in [1.807, 2.05) is 0 Å². The van der Waals surface area contributed by atoms with Crippen LogP contribution in [0.3, 0.4) is 0 Å². The first-order valence-electron chi connectivity index (χ1n) is 10.9. The predicted octanol–water partition coefficient (Wildman–Crippen LogP) is 1.88. The number of morpholine rings is 1. The largest absolute Gasteiger partial charge is 0.456 e. The van der Waals surface area contributed by atoms with Crippen molar-refractivity contribution in [2.75, 3.05) is 32.9 Å². The minimum absolute atomic E-state index is 0.0268. The number of hydrogen-bond donors (Lipinski definition) is 1.